The number of hydrogen-bond donors (Lipinski definition) is 1. The first-order valence-corrected chi connectivity index (χ1v) is 7.40. The third-order valence-electron chi connectivity index (χ3n) is 2.86. The van der Waals surface area contributed by atoms with Crippen molar-refractivity contribution in [3.8, 4) is 11.5 Å². The van der Waals surface area contributed by atoms with Gasteiger partial charge in [0.25, 0.3) is 0 Å². The molecule has 2 rings (SSSR count). The van der Waals surface area contributed by atoms with Crippen molar-refractivity contribution in [2.45, 2.75) is 6.54 Å². The monoisotopic (exact) mass is 353 g/mol. The highest BCUT2D eigenvalue weighted by atomic mass is 79.9. The molecule has 0 unspecified atom stereocenters. The Morgan fingerprint density at radius 1 is 1.14 bits per heavy atom. The van der Waals surface area contributed by atoms with Crippen LogP contribution in [0.25, 0.3) is 0 Å². The van der Waals surface area contributed by atoms with Crippen LogP contribution < -0.4 is 10.1 Å². The van der Waals surface area contributed by atoms with Gasteiger partial charge in [0.15, 0.2) is 11.6 Å². The van der Waals surface area contributed by atoms with Crippen LogP contribution in [0.15, 0.2) is 46.9 Å². The molecule has 1 N–H and O–H groups in total. The molecule has 2 aromatic rings. The molecule has 0 spiro atoms. The zero-order chi connectivity index (χ0) is 15.1. The van der Waals surface area contributed by atoms with Gasteiger partial charge >= 0.3 is 0 Å². The Hall–Kier alpha value is -1.43. The van der Waals surface area contributed by atoms with Gasteiger partial charge in [0.1, 0.15) is 5.75 Å². The summed E-state index contributed by atoms with van der Waals surface area (Å²) in [4.78, 5) is 0. The van der Waals surface area contributed by atoms with E-state index in [0.29, 0.717) is 12.4 Å². The van der Waals surface area contributed by atoms with Gasteiger partial charge in [0.2, 0.25) is 0 Å². The number of rotatable bonds is 7. The summed E-state index contributed by atoms with van der Waals surface area (Å²) in [7, 11) is 1.68. The summed E-state index contributed by atoms with van der Waals surface area (Å²) < 4.78 is 24.9. The van der Waals surface area contributed by atoms with Crippen LogP contribution in [0.4, 0.5) is 4.39 Å². The lowest BCUT2D eigenvalue weighted by Crippen LogP contribution is -2.18. The quantitative estimate of drug-likeness (QED) is 0.759. The molecule has 0 heterocycles. The maximum atomic E-state index is 13.6. The molecule has 0 bridgehead atoms. The summed E-state index contributed by atoms with van der Waals surface area (Å²) in [5.41, 5.74) is 1.13. The fraction of sp³-hybridized carbons (Fsp3) is 0.250. The molecule has 0 saturated heterocycles. The highest BCUT2D eigenvalue weighted by Gasteiger charge is 2.05. The predicted molar refractivity (Wildman–Crippen MR) is 84.2 cm³/mol. The van der Waals surface area contributed by atoms with Gasteiger partial charge in [0.05, 0.1) is 6.61 Å². The highest BCUT2D eigenvalue weighted by molar-refractivity contribution is 9.10. The number of hydrogen-bond acceptors (Lipinski definition) is 3. The van der Waals surface area contributed by atoms with Crippen LogP contribution in [0.5, 0.6) is 11.5 Å². The molecular formula is C16H17BrFNO2. The van der Waals surface area contributed by atoms with Crippen molar-refractivity contribution in [2.75, 3.05) is 20.3 Å². The number of benzene rings is 2. The Labute approximate surface area is 132 Å². The fourth-order valence-electron chi connectivity index (χ4n) is 1.76. The maximum Gasteiger partial charge on any atom is 0.165 e. The van der Waals surface area contributed by atoms with Crippen LogP contribution in [0.2, 0.25) is 0 Å². The molecule has 0 aliphatic rings. The van der Waals surface area contributed by atoms with E-state index in [4.69, 9.17) is 9.47 Å². The highest BCUT2D eigenvalue weighted by Crippen LogP contribution is 2.27. The molecule has 2 aromatic carbocycles. The van der Waals surface area contributed by atoms with Crippen LogP contribution >= 0.6 is 15.9 Å². The third-order valence-corrected chi connectivity index (χ3v) is 3.35. The maximum absolute atomic E-state index is 13.6. The standard InChI is InChI=1S/C16H17BrFNO2/c1-20-9-8-19-11-12-2-5-14(6-3-12)21-16-10-13(17)4-7-15(16)18/h2-7,10,19H,8-9,11H2,1H3. The van der Waals surface area contributed by atoms with Crippen molar-refractivity contribution in [1.82, 2.24) is 5.32 Å². The zero-order valence-corrected chi connectivity index (χ0v) is 13.3. The van der Waals surface area contributed by atoms with Gasteiger partial charge in [-0.2, -0.15) is 0 Å². The second-order valence-electron chi connectivity index (χ2n) is 4.49. The van der Waals surface area contributed by atoms with Gasteiger partial charge in [-0.25, -0.2) is 4.39 Å². The molecule has 0 atom stereocenters. The third kappa shape index (κ3) is 5.12. The van der Waals surface area contributed by atoms with E-state index in [1.54, 1.807) is 19.2 Å². The lowest BCUT2D eigenvalue weighted by molar-refractivity contribution is 0.199. The van der Waals surface area contributed by atoms with E-state index in [0.717, 1.165) is 23.1 Å². The average molecular weight is 354 g/mol. The van der Waals surface area contributed by atoms with Gasteiger partial charge in [-0.05, 0) is 35.9 Å². The van der Waals surface area contributed by atoms with Gasteiger partial charge in [0, 0.05) is 24.7 Å². The first kappa shape index (κ1) is 15.9. The van der Waals surface area contributed by atoms with E-state index < -0.39 is 0 Å². The molecule has 0 radical (unpaired) electrons. The lowest BCUT2D eigenvalue weighted by Gasteiger charge is -2.09. The van der Waals surface area contributed by atoms with Crippen LogP contribution in [0, 0.1) is 5.82 Å². The Bertz CT molecular complexity index is 575. The molecule has 5 heteroatoms. The number of methoxy groups -OCH3 is 1. The molecule has 0 amide bonds. The molecular weight excluding hydrogens is 337 g/mol. The molecule has 21 heavy (non-hydrogen) atoms. The fourth-order valence-corrected chi connectivity index (χ4v) is 2.10. The molecule has 112 valence electrons. The predicted octanol–water partition coefficient (Wildman–Crippen LogP) is 4.12. The van der Waals surface area contributed by atoms with Crippen LogP contribution in [0.1, 0.15) is 5.56 Å². The lowest BCUT2D eigenvalue weighted by atomic mass is 10.2. The number of nitrogens with one attached hydrogen (secondary N) is 1. The molecule has 0 aromatic heterocycles. The summed E-state index contributed by atoms with van der Waals surface area (Å²) in [6, 6.07) is 12.2. The molecule has 0 fully saturated rings. The summed E-state index contributed by atoms with van der Waals surface area (Å²) in [5.74, 6) is 0.423. The molecule has 0 aliphatic carbocycles. The topological polar surface area (TPSA) is 30.5 Å². The van der Waals surface area contributed by atoms with Crippen LogP contribution in [-0.2, 0) is 11.3 Å². The summed E-state index contributed by atoms with van der Waals surface area (Å²) >= 11 is 3.30. The first-order valence-electron chi connectivity index (χ1n) is 6.60. The largest absolute Gasteiger partial charge is 0.454 e. The summed E-state index contributed by atoms with van der Waals surface area (Å²) in [6.45, 7) is 2.25. The SMILES string of the molecule is COCCNCc1ccc(Oc2cc(Br)ccc2F)cc1. The van der Waals surface area contributed by atoms with E-state index in [1.165, 1.54) is 6.07 Å². The van der Waals surface area contributed by atoms with E-state index >= 15 is 0 Å². The van der Waals surface area contributed by atoms with Crippen LogP contribution in [0.3, 0.4) is 0 Å². The zero-order valence-electron chi connectivity index (χ0n) is 11.7. The smallest absolute Gasteiger partial charge is 0.165 e. The van der Waals surface area contributed by atoms with Crippen molar-refractivity contribution >= 4 is 15.9 Å². The Balaban J connectivity index is 1.94. The second-order valence-corrected chi connectivity index (χ2v) is 5.41. The van der Waals surface area contributed by atoms with E-state index in [1.807, 2.05) is 24.3 Å². The summed E-state index contributed by atoms with van der Waals surface area (Å²) in [6.07, 6.45) is 0. The molecule has 0 aliphatic heterocycles. The number of halogens is 2. The molecule has 3 nitrogen and oxygen atoms in total. The molecule has 0 saturated carbocycles. The van der Waals surface area contributed by atoms with Crippen LogP contribution in [-0.4, -0.2) is 20.3 Å². The minimum Gasteiger partial charge on any atom is -0.454 e. The second kappa shape index (κ2) is 8.12. The number of ether oxygens (including phenoxy) is 2. The minimum atomic E-state index is -0.386. The van der Waals surface area contributed by atoms with Gasteiger partial charge in [-0.1, -0.05) is 28.1 Å². The summed E-state index contributed by atoms with van der Waals surface area (Å²) in [5, 5.41) is 3.26. The van der Waals surface area contributed by atoms with Gasteiger partial charge in [-0.3, -0.25) is 0 Å². The Morgan fingerprint density at radius 3 is 2.62 bits per heavy atom. The average Bonchev–Trinajstić information content (AvgIpc) is 2.49. The van der Waals surface area contributed by atoms with E-state index in [9.17, 15) is 4.39 Å². The Kier molecular flexibility index (Phi) is 6.17. The Morgan fingerprint density at radius 2 is 1.90 bits per heavy atom. The van der Waals surface area contributed by atoms with Crippen molar-refractivity contribution < 1.29 is 13.9 Å². The first-order chi connectivity index (χ1) is 10.2. The normalized spacial score (nSPS) is 10.6. The van der Waals surface area contributed by atoms with E-state index in [-0.39, 0.29) is 11.6 Å². The van der Waals surface area contributed by atoms with Crippen molar-refractivity contribution in [1.29, 1.82) is 0 Å². The minimum absolute atomic E-state index is 0.204. The van der Waals surface area contributed by atoms with Crippen molar-refractivity contribution in [3.05, 3.63) is 58.3 Å². The van der Waals surface area contributed by atoms with Gasteiger partial charge in [-0.15, -0.1) is 0 Å². The van der Waals surface area contributed by atoms with Crippen molar-refractivity contribution in [2.24, 2.45) is 0 Å². The van der Waals surface area contributed by atoms with Gasteiger partial charge < -0.3 is 14.8 Å². The van der Waals surface area contributed by atoms with E-state index in [2.05, 4.69) is 21.2 Å². The van der Waals surface area contributed by atoms with Crippen molar-refractivity contribution in [3.63, 3.8) is 0 Å².